The first kappa shape index (κ1) is 12.4. The van der Waals surface area contributed by atoms with Crippen molar-refractivity contribution < 1.29 is 14.6 Å². The number of esters is 1. The lowest BCUT2D eigenvalue weighted by Gasteiger charge is -2.28. The fraction of sp³-hybridized carbons (Fsp3) is 0.900. The fourth-order valence-electron chi connectivity index (χ4n) is 1.80. The largest absolute Gasteiger partial charge is 0.461 e. The van der Waals surface area contributed by atoms with Gasteiger partial charge in [0.2, 0.25) is 0 Å². The van der Waals surface area contributed by atoms with E-state index in [0.29, 0.717) is 6.04 Å². The van der Waals surface area contributed by atoms with E-state index in [-0.39, 0.29) is 12.7 Å². The van der Waals surface area contributed by atoms with Crippen molar-refractivity contribution >= 4 is 5.97 Å². The van der Waals surface area contributed by atoms with Crippen molar-refractivity contribution in [3.05, 3.63) is 0 Å². The molecule has 0 aromatic heterocycles. The van der Waals surface area contributed by atoms with Crippen LogP contribution in [0.15, 0.2) is 0 Å². The zero-order valence-electron chi connectivity index (χ0n) is 9.11. The molecule has 1 saturated carbocycles. The van der Waals surface area contributed by atoms with Crippen LogP contribution in [0.25, 0.3) is 0 Å². The molecule has 0 unspecified atom stereocenters. The highest BCUT2D eigenvalue weighted by atomic mass is 16.5. The molecular formula is C10H20N2O3. The predicted molar refractivity (Wildman–Crippen MR) is 56.3 cm³/mol. The minimum absolute atomic E-state index is 0.0281. The van der Waals surface area contributed by atoms with Gasteiger partial charge in [-0.05, 0) is 32.7 Å². The van der Waals surface area contributed by atoms with Gasteiger partial charge in [-0.1, -0.05) is 0 Å². The summed E-state index contributed by atoms with van der Waals surface area (Å²) in [6, 6.07) is -0.363. The highest BCUT2D eigenvalue weighted by Gasteiger charge is 2.24. The molecule has 0 spiro atoms. The molecule has 4 N–H and O–H groups in total. The molecule has 1 aliphatic rings. The zero-order chi connectivity index (χ0) is 11.3. The Balaban J connectivity index is 2.26. The molecule has 0 amide bonds. The van der Waals surface area contributed by atoms with Crippen LogP contribution in [0.1, 0.15) is 25.7 Å². The number of carbonyl (C=O) groups excluding carboxylic acids is 1. The monoisotopic (exact) mass is 216 g/mol. The third kappa shape index (κ3) is 3.77. The van der Waals surface area contributed by atoms with Crippen LogP contribution >= 0.6 is 0 Å². The molecule has 5 nitrogen and oxygen atoms in total. The van der Waals surface area contributed by atoms with Gasteiger partial charge >= 0.3 is 5.97 Å². The molecule has 1 atom stereocenters. The van der Waals surface area contributed by atoms with Crippen LogP contribution in [0.3, 0.4) is 0 Å². The summed E-state index contributed by atoms with van der Waals surface area (Å²) in [5, 5.41) is 11.9. The van der Waals surface area contributed by atoms with E-state index in [1.54, 1.807) is 0 Å². The lowest BCUT2D eigenvalue weighted by molar-refractivity contribution is -0.153. The van der Waals surface area contributed by atoms with E-state index >= 15 is 0 Å². The first-order valence-electron chi connectivity index (χ1n) is 5.41. The molecule has 0 aromatic carbocycles. The third-order valence-electron chi connectivity index (χ3n) is 2.86. The van der Waals surface area contributed by atoms with Crippen molar-refractivity contribution in [3.8, 4) is 0 Å². The quantitative estimate of drug-likeness (QED) is 0.545. The molecule has 15 heavy (non-hydrogen) atoms. The van der Waals surface area contributed by atoms with Gasteiger partial charge in [0.05, 0.1) is 6.61 Å². The van der Waals surface area contributed by atoms with Crippen molar-refractivity contribution in [2.24, 2.45) is 5.73 Å². The fourth-order valence-corrected chi connectivity index (χ4v) is 1.80. The van der Waals surface area contributed by atoms with Crippen LogP contribution in [0.5, 0.6) is 0 Å². The summed E-state index contributed by atoms with van der Waals surface area (Å²) in [5.74, 6) is -0.495. The Bertz CT molecular complexity index is 203. The Labute approximate surface area is 90.0 Å². The van der Waals surface area contributed by atoms with Crippen LogP contribution in [-0.4, -0.2) is 42.9 Å². The summed E-state index contributed by atoms with van der Waals surface area (Å²) in [4.78, 5) is 11.3. The number of nitrogens with one attached hydrogen (secondary N) is 1. The molecule has 1 rings (SSSR count). The highest BCUT2D eigenvalue weighted by molar-refractivity contribution is 5.75. The maximum atomic E-state index is 11.3. The lowest BCUT2D eigenvalue weighted by atomic mass is 9.93. The van der Waals surface area contributed by atoms with Crippen LogP contribution < -0.4 is 11.1 Å². The molecule has 0 saturated heterocycles. The summed E-state index contributed by atoms with van der Waals surface area (Å²) in [6.45, 7) is -0.356. The minimum atomic E-state index is -0.896. The summed E-state index contributed by atoms with van der Waals surface area (Å²) < 4.78 is 5.19. The number of aliphatic hydroxyl groups excluding tert-OH is 1. The van der Waals surface area contributed by atoms with Gasteiger partial charge in [-0.25, -0.2) is 0 Å². The number of aliphatic hydroxyl groups is 1. The van der Waals surface area contributed by atoms with Crippen LogP contribution in [0.4, 0.5) is 0 Å². The molecule has 88 valence electrons. The van der Waals surface area contributed by atoms with Gasteiger partial charge in [-0.2, -0.15) is 0 Å². The second-order valence-corrected chi connectivity index (χ2v) is 3.99. The first-order valence-corrected chi connectivity index (χ1v) is 5.41. The van der Waals surface area contributed by atoms with Gasteiger partial charge in [-0.3, -0.25) is 4.79 Å². The summed E-state index contributed by atoms with van der Waals surface area (Å²) in [7, 11) is 1.94. The average molecular weight is 216 g/mol. The van der Waals surface area contributed by atoms with Gasteiger partial charge in [0.1, 0.15) is 12.1 Å². The number of nitrogens with two attached hydrogens (primary N) is 1. The van der Waals surface area contributed by atoms with Gasteiger partial charge < -0.3 is 20.9 Å². The van der Waals surface area contributed by atoms with Crippen LogP contribution in [0.2, 0.25) is 0 Å². The van der Waals surface area contributed by atoms with Crippen LogP contribution in [0, 0.1) is 0 Å². The Morgan fingerprint density at radius 2 is 2.13 bits per heavy atom. The van der Waals surface area contributed by atoms with Crippen molar-refractivity contribution in [2.45, 2.75) is 43.9 Å². The van der Waals surface area contributed by atoms with E-state index in [1.807, 2.05) is 7.05 Å². The van der Waals surface area contributed by atoms with E-state index in [2.05, 4.69) is 5.32 Å². The lowest BCUT2D eigenvalue weighted by Crippen LogP contribution is -2.40. The number of rotatable bonds is 4. The molecule has 1 aliphatic carbocycles. The first-order chi connectivity index (χ1) is 7.17. The SMILES string of the molecule is CNC1CCC(OC(=O)[C@@H](N)CO)CC1. The maximum absolute atomic E-state index is 11.3. The minimum Gasteiger partial charge on any atom is -0.461 e. The van der Waals surface area contributed by atoms with Gasteiger partial charge in [0.25, 0.3) is 0 Å². The van der Waals surface area contributed by atoms with Crippen molar-refractivity contribution in [1.29, 1.82) is 0 Å². The number of ether oxygens (including phenoxy) is 1. The molecule has 0 heterocycles. The van der Waals surface area contributed by atoms with E-state index in [4.69, 9.17) is 15.6 Å². The number of hydrogen-bond acceptors (Lipinski definition) is 5. The van der Waals surface area contributed by atoms with Gasteiger partial charge in [0, 0.05) is 6.04 Å². The summed E-state index contributed by atoms with van der Waals surface area (Å²) >= 11 is 0. The maximum Gasteiger partial charge on any atom is 0.325 e. The smallest absolute Gasteiger partial charge is 0.325 e. The topological polar surface area (TPSA) is 84.6 Å². The Morgan fingerprint density at radius 1 is 1.53 bits per heavy atom. The normalized spacial score (nSPS) is 28.5. The van der Waals surface area contributed by atoms with Gasteiger partial charge in [-0.15, -0.1) is 0 Å². The van der Waals surface area contributed by atoms with Crippen molar-refractivity contribution in [3.63, 3.8) is 0 Å². The third-order valence-corrected chi connectivity index (χ3v) is 2.86. The predicted octanol–water partition coefficient (Wildman–Crippen LogP) is -0.620. The molecule has 0 aromatic rings. The average Bonchev–Trinajstić information content (AvgIpc) is 2.29. The standard InChI is InChI=1S/C10H20N2O3/c1-12-7-2-4-8(5-3-7)15-10(14)9(11)6-13/h7-9,12-13H,2-6,11H2,1H3/t7?,8?,9-/m0/s1. The van der Waals surface area contributed by atoms with Gasteiger partial charge in [0.15, 0.2) is 0 Å². The molecule has 0 bridgehead atoms. The van der Waals surface area contributed by atoms with Crippen molar-refractivity contribution in [1.82, 2.24) is 5.32 Å². The Hall–Kier alpha value is -0.650. The number of hydrogen-bond donors (Lipinski definition) is 3. The van der Waals surface area contributed by atoms with Crippen molar-refractivity contribution in [2.75, 3.05) is 13.7 Å². The molecule has 0 aliphatic heterocycles. The Kier molecular flexibility index (Phi) is 5.01. The van der Waals surface area contributed by atoms with Crippen LogP contribution in [-0.2, 0) is 9.53 Å². The zero-order valence-corrected chi connectivity index (χ0v) is 9.11. The summed E-state index contributed by atoms with van der Waals surface area (Å²) in [6.07, 6.45) is 3.75. The number of carbonyl (C=O) groups is 1. The molecule has 0 radical (unpaired) electrons. The second kappa shape index (κ2) is 6.05. The van der Waals surface area contributed by atoms with E-state index in [9.17, 15) is 4.79 Å². The molecular weight excluding hydrogens is 196 g/mol. The summed E-state index contributed by atoms with van der Waals surface area (Å²) in [5.41, 5.74) is 5.35. The van der Waals surface area contributed by atoms with E-state index < -0.39 is 12.0 Å². The second-order valence-electron chi connectivity index (χ2n) is 3.99. The molecule has 5 heteroatoms. The Morgan fingerprint density at radius 3 is 2.60 bits per heavy atom. The highest BCUT2D eigenvalue weighted by Crippen LogP contribution is 2.21. The molecule has 1 fully saturated rings. The van der Waals surface area contributed by atoms with E-state index in [1.165, 1.54) is 0 Å². The van der Waals surface area contributed by atoms with E-state index in [0.717, 1.165) is 25.7 Å².